The molecule has 0 radical (unpaired) electrons. The van der Waals surface area contributed by atoms with Gasteiger partial charge in [0.15, 0.2) is 0 Å². The second-order valence-electron chi connectivity index (χ2n) is 19.1. The number of nitrogens with zero attached hydrogens (tertiary/aromatic N) is 2. The second-order valence-corrected chi connectivity index (χ2v) is 19.1. The van der Waals surface area contributed by atoms with Crippen LogP contribution < -0.4 is 9.80 Å². The minimum absolute atomic E-state index is 0.0944. The van der Waals surface area contributed by atoms with Crippen LogP contribution in [0.2, 0.25) is 0 Å². The summed E-state index contributed by atoms with van der Waals surface area (Å²) in [5.41, 5.74) is 18.5. The van der Waals surface area contributed by atoms with Gasteiger partial charge in [-0.1, -0.05) is 149 Å². The first kappa shape index (κ1) is 43.5. The molecule has 0 saturated carbocycles. The third-order valence-corrected chi connectivity index (χ3v) is 16.1. The zero-order chi connectivity index (χ0) is 47.7. The van der Waals surface area contributed by atoms with Crippen molar-refractivity contribution in [3.05, 3.63) is 240 Å². The minimum atomic E-state index is -0.271. The fraction of sp³-hybridized carbons (Fsp3) is 0.152. The monoisotopic (exact) mass is 912 g/mol. The van der Waals surface area contributed by atoms with E-state index in [-0.39, 0.29) is 22.5 Å². The van der Waals surface area contributed by atoms with E-state index < -0.39 is 0 Å². The van der Waals surface area contributed by atoms with Crippen molar-refractivity contribution in [2.45, 2.75) is 64.2 Å². The molecule has 2 aliphatic carbocycles. The maximum Gasteiger partial charge on any atom is 0.123 e. The number of fused-ring (bicyclic) bond motifs is 8. The van der Waals surface area contributed by atoms with E-state index in [0.717, 1.165) is 92.5 Å². The Hall–Kier alpha value is -7.82. The number of hydrogen-bond acceptors (Lipinski definition) is 2. The van der Waals surface area contributed by atoms with Gasteiger partial charge in [-0.2, -0.15) is 0 Å². The van der Waals surface area contributed by atoms with Gasteiger partial charge in [0.25, 0.3) is 0 Å². The van der Waals surface area contributed by atoms with Gasteiger partial charge in [-0.25, -0.2) is 8.78 Å². The molecule has 0 aliphatic heterocycles. The summed E-state index contributed by atoms with van der Waals surface area (Å²) < 4.78 is 29.4. The fourth-order valence-electron chi connectivity index (χ4n) is 12.7. The average Bonchev–Trinajstić information content (AvgIpc) is 3.86. The van der Waals surface area contributed by atoms with Gasteiger partial charge in [0.2, 0.25) is 0 Å². The molecule has 0 fully saturated rings. The predicted molar refractivity (Wildman–Crippen MR) is 290 cm³/mol. The topological polar surface area (TPSA) is 6.48 Å². The predicted octanol–water partition coefficient (Wildman–Crippen LogP) is 19.1. The highest BCUT2D eigenvalue weighted by Crippen LogP contribution is 2.57. The van der Waals surface area contributed by atoms with Crippen LogP contribution in [0.25, 0.3) is 54.9 Å². The van der Waals surface area contributed by atoms with Crippen LogP contribution in [0.3, 0.4) is 0 Å². The minimum Gasteiger partial charge on any atom is -0.310 e. The third-order valence-electron chi connectivity index (χ3n) is 16.1. The normalized spacial score (nSPS) is 13.7. The zero-order valence-corrected chi connectivity index (χ0v) is 40.1. The summed E-state index contributed by atoms with van der Waals surface area (Å²) >= 11 is 0. The SMILES string of the molecule is CCC1(CC)c2ccccc2-c2ccc(N(c3ccc(F)cc3)c3ccc(-c4c5ccccc5c(N(c5ccc(F)cc5)c5ccc6c(c5)C(CC)(CC)c5ccccc5-6)c5ccccc45)cc3)cc21. The van der Waals surface area contributed by atoms with Crippen LogP contribution in [0.15, 0.2) is 206 Å². The molecule has 2 nitrogen and oxygen atoms in total. The van der Waals surface area contributed by atoms with Gasteiger partial charge in [0.05, 0.1) is 5.69 Å². The number of hydrogen-bond donors (Lipinski definition) is 0. The van der Waals surface area contributed by atoms with Crippen molar-refractivity contribution in [3.63, 3.8) is 0 Å². The molecular formula is C66H54F2N2. The maximum absolute atomic E-state index is 14.8. The molecule has 0 amide bonds. The molecule has 12 rings (SSSR count). The molecule has 0 saturated heterocycles. The highest BCUT2D eigenvalue weighted by Gasteiger charge is 2.42. The van der Waals surface area contributed by atoms with Gasteiger partial charge >= 0.3 is 0 Å². The molecule has 342 valence electrons. The average molecular weight is 913 g/mol. The standard InChI is InChI=1S/C66H54F2N2/c1-5-65(6-2)59-23-15-13-17-51(59)53-39-37-49(41-61(53)65)69(47-33-27-44(67)28-34-47)46-31-25-43(26-32-46)63-55-19-9-11-21-57(55)64(58-22-12-10-20-56(58)63)70(48-35-29-45(68)30-36-48)50-38-40-54-52-18-14-16-24-60(52)66(7-3,8-4)62(54)42-50/h9-42H,5-8H2,1-4H3. The van der Waals surface area contributed by atoms with Crippen molar-refractivity contribution in [3.8, 4) is 33.4 Å². The molecule has 4 heteroatoms. The van der Waals surface area contributed by atoms with Gasteiger partial charge in [0.1, 0.15) is 11.6 Å². The van der Waals surface area contributed by atoms with Crippen LogP contribution in [0.1, 0.15) is 75.6 Å². The Labute approximate surface area is 410 Å². The lowest BCUT2D eigenvalue weighted by Gasteiger charge is -2.33. The van der Waals surface area contributed by atoms with E-state index >= 15 is 0 Å². The Kier molecular flexibility index (Phi) is 10.6. The van der Waals surface area contributed by atoms with Gasteiger partial charge in [-0.05, 0) is 177 Å². The van der Waals surface area contributed by atoms with Crippen LogP contribution in [0.4, 0.5) is 42.9 Å². The van der Waals surface area contributed by atoms with Gasteiger partial charge < -0.3 is 9.80 Å². The molecule has 0 heterocycles. The summed E-state index contributed by atoms with van der Waals surface area (Å²) in [7, 11) is 0. The van der Waals surface area contributed by atoms with Crippen molar-refractivity contribution < 1.29 is 8.78 Å². The number of rotatable bonds is 11. The first-order valence-electron chi connectivity index (χ1n) is 25.0. The van der Waals surface area contributed by atoms with Gasteiger partial charge in [0, 0.05) is 50.0 Å². The lowest BCUT2D eigenvalue weighted by atomic mass is 9.74. The summed E-state index contributed by atoms with van der Waals surface area (Å²) in [5, 5.41) is 4.41. The molecule has 0 N–H and O–H groups in total. The summed E-state index contributed by atoms with van der Waals surface area (Å²) in [5.74, 6) is -0.538. The molecule has 10 aromatic carbocycles. The zero-order valence-electron chi connectivity index (χ0n) is 40.1. The maximum atomic E-state index is 14.8. The summed E-state index contributed by atoms with van der Waals surface area (Å²) in [4.78, 5) is 4.60. The molecule has 10 aromatic rings. The molecule has 2 aliphatic rings. The van der Waals surface area contributed by atoms with Gasteiger partial charge in [-0.15, -0.1) is 0 Å². The lowest BCUT2D eigenvalue weighted by molar-refractivity contribution is 0.490. The summed E-state index contributed by atoms with van der Waals surface area (Å²) in [6, 6.07) is 71.6. The summed E-state index contributed by atoms with van der Waals surface area (Å²) in [6.45, 7) is 9.21. The van der Waals surface area contributed by atoms with Crippen molar-refractivity contribution in [1.82, 2.24) is 0 Å². The van der Waals surface area contributed by atoms with E-state index in [9.17, 15) is 8.78 Å². The molecule has 0 unspecified atom stereocenters. The molecule has 0 bridgehead atoms. The first-order valence-corrected chi connectivity index (χ1v) is 25.0. The Morgan fingerprint density at radius 1 is 0.329 bits per heavy atom. The van der Waals surface area contributed by atoms with E-state index in [2.05, 4.69) is 195 Å². The second kappa shape index (κ2) is 17.0. The number of benzene rings is 10. The number of halogens is 2. The van der Waals surface area contributed by atoms with Crippen LogP contribution in [-0.4, -0.2) is 0 Å². The van der Waals surface area contributed by atoms with Crippen molar-refractivity contribution in [1.29, 1.82) is 0 Å². The van der Waals surface area contributed by atoms with E-state index in [4.69, 9.17) is 0 Å². The van der Waals surface area contributed by atoms with Crippen molar-refractivity contribution in [2.24, 2.45) is 0 Å². The van der Waals surface area contributed by atoms with Crippen LogP contribution in [0, 0.1) is 11.6 Å². The fourth-order valence-corrected chi connectivity index (χ4v) is 12.7. The largest absolute Gasteiger partial charge is 0.310 e. The third kappa shape index (κ3) is 6.49. The lowest BCUT2D eigenvalue weighted by Crippen LogP contribution is -2.23. The summed E-state index contributed by atoms with van der Waals surface area (Å²) in [6.07, 6.45) is 3.94. The number of anilines is 6. The Bertz CT molecular complexity index is 3560. The first-order chi connectivity index (χ1) is 34.3. The molecular weight excluding hydrogens is 859 g/mol. The molecule has 0 aromatic heterocycles. The highest BCUT2D eigenvalue weighted by molar-refractivity contribution is 6.22. The van der Waals surface area contributed by atoms with E-state index in [1.165, 1.54) is 44.5 Å². The highest BCUT2D eigenvalue weighted by atomic mass is 19.1. The quantitative estimate of drug-likeness (QED) is 0.119. The Balaban J connectivity index is 1.03. The van der Waals surface area contributed by atoms with Crippen molar-refractivity contribution >= 4 is 55.7 Å². The molecule has 70 heavy (non-hydrogen) atoms. The van der Waals surface area contributed by atoms with E-state index in [1.807, 2.05) is 24.3 Å². The van der Waals surface area contributed by atoms with Crippen LogP contribution >= 0.6 is 0 Å². The smallest absolute Gasteiger partial charge is 0.123 e. The molecule has 0 atom stereocenters. The van der Waals surface area contributed by atoms with Gasteiger partial charge in [-0.3, -0.25) is 0 Å². The Morgan fingerprint density at radius 3 is 1.11 bits per heavy atom. The van der Waals surface area contributed by atoms with Crippen LogP contribution in [0.5, 0.6) is 0 Å². The van der Waals surface area contributed by atoms with Crippen LogP contribution in [-0.2, 0) is 10.8 Å². The van der Waals surface area contributed by atoms with E-state index in [0.29, 0.717) is 0 Å². The van der Waals surface area contributed by atoms with E-state index in [1.54, 1.807) is 24.3 Å². The molecule has 0 spiro atoms. The Morgan fingerprint density at radius 2 is 0.671 bits per heavy atom. The van der Waals surface area contributed by atoms with Crippen molar-refractivity contribution in [2.75, 3.05) is 9.80 Å².